The number of hydrogen-bond acceptors (Lipinski definition) is 1. The molecule has 268 valence electrons. The molecule has 1 heteroatoms. The van der Waals surface area contributed by atoms with Gasteiger partial charge in [0.25, 0.3) is 0 Å². The molecule has 0 aromatic heterocycles. The molecule has 0 fully saturated rings. The molecule has 0 radical (unpaired) electrons. The fraction of sp³-hybridized carbons (Fsp3) is 0. The van der Waals surface area contributed by atoms with Crippen molar-refractivity contribution in [3.63, 3.8) is 0 Å². The van der Waals surface area contributed by atoms with Gasteiger partial charge in [0.15, 0.2) is 0 Å². The molecule has 0 saturated carbocycles. The zero-order valence-corrected chi connectivity index (χ0v) is 31.5. The van der Waals surface area contributed by atoms with Crippen LogP contribution in [0, 0.1) is 0 Å². The summed E-state index contributed by atoms with van der Waals surface area (Å²) in [5.74, 6) is 0. The average molecular weight is 726 g/mol. The van der Waals surface area contributed by atoms with Crippen LogP contribution in [0.1, 0.15) is 0 Å². The largest absolute Gasteiger partial charge is 0.310 e. The Hall–Kier alpha value is -7.48. The lowest BCUT2D eigenvalue weighted by molar-refractivity contribution is 1.29. The van der Waals surface area contributed by atoms with Crippen LogP contribution in [0.25, 0.3) is 77.2 Å². The first-order valence-electron chi connectivity index (χ1n) is 19.6. The van der Waals surface area contributed by atoms with Gasteiger partial charge in [-0.1, -0.05) is 200 Å². The highest BCUT2D eigenvalue weighted by Crippen LogP contribution is 2.47. The van der Waals surface area contributed by atoms with E-state index in [9.17, 15) is 0 Å². The molecular formula is C56H39N. The lowest BCUT2D eigenvalue weighted by Crippen LogP contribution is -2.11. The minimum atomic E-state index is 1.10. The van der Waals surface area contributed by atoms with Crippen molar-refractivity contribution < 1.29 is 0 Å². The number of anilines is 3. The van der Waals surface area contributed by atoms with Crippen LogP contribution in [-0.4, -0.2) is 0 Å². The van der Waals surface area contributed by atoms with Gasteiger partial charge in [0.1, 0.15) is 0 Å². The van der Waals surface area contributed by atoms with Crippen LogP contribution >= 0.6 is 0 Å². The Morgan fingerprint density at radius 2 is 0.772 bits per heavy atom. The molecule has 57 heavy (non-hydrogen) atoms. The van der Waals surface area contributed by atoms with Gasteiger partial charge in [0.2, 0.25) is 0 Å². The van der Waals surface area contributed by atoms with Crippen LogP contribution in [0.5, 0.6) is 0 Å². The summed E-state index contributed by atoms with van der Waals surface area (Å²) in [5, 5.41) is 4.91. The Bertz CT molecular complexity index is 3010. The fourth-order valence-corrected chi connectivity index (χ4v) is 8.33. The van der Waals surface area contributed by atoms with E-state index in [-0.39, 0.29) is 0 Å². The minimum Gasteiger partial charge on any atom is -0.310 e. The van der Waals surface area contributed by atoms with Crippen molar-refractivity contribution in [1.82, 2.24) is 0 Å². The number of hydrogen-bond donors (Lipinski definition) is 0. The summed E-state index contributed by atoms with van der Waals surface area (Å²) in [4.78, 5) is 2.43. The predicted octanol–water partition coefficient (Wildman–Crippen LogP) is 15.8. The SMILES string of the molecule is c1ccc(-c2ccc(-c3ccccc3-c3ccccc3N(c3cccc(-c4cccc5ccccc45)c3)c3ccc4ccccc4c3)c(-c3ccccc3)c2)cc1. The van der Waals surface area contributed by atoms with E-state index in [1.165, 1.54) is 71.6 Å². The maximum atomic E-state index is 2.43. The molecule has 10 aromatic carbocycles. The maximum absolute atomic E-state index is 2.43. The summed E-state index contributed by atoms with van der Waals surface area (Å²) in [5.41, 5.74) is 15.2. The molecule has 0 aliphatic carbocycles. The Kier molecular flexibility index (Phi) is 8.95. The van der Waals surface area contributed by atoms with E-state index >= 15 is 0 Å². The summed E-state index contributed by atoms with van der Waals surface area (Å²) < 4.78 is 0. The van der Waals surface area contributed by atoms with Crippen LogP contribution in [0.2, 0.25) is 0 Å². The summed E-state index contributed by atoms with van der Waals surface area (Å²) in [6.45, 7) is 0. The topological polar surface area (TPSA) is 3.24 Å². The van der Waals surface area contributed by atoms with Gasteiger partial charge in [-0.15, -0.1) is 0 Å². The minimum absolute atomic E-state index is 1.10. The molecule has 1 nitrogen and oxygen atoms in total. The van der Waals surface area contributed by atoms with E-state index in [0.717, 1.165) is 22.6 Å². The number of fused-ring (bicyclic) bond motifs is 2. The van der Waals surface area contributed by atoms with Crippen molar-refractivity contribution in [2.24, 2.45) is 0 Å². The van der Waals surface area contributed by atoms with Crippen molar-refractivity contribution in [2.75, 3.05) is 4.90 Å². The summed E-state index contributed by atoms with van der Waals surface area (Å²) in [6, 6.07) is 85.8. The molecule has 0 heterocycles. The van der Waals surface area contributed by atoms with E-state index in [1.807, 2.05) is 0 Å². The van der Waals surface area contributed by atoms with Crippen LogP contribution in [0.3, 0.4) is 0 Å². The van der Waals surface area contributed by atoms with Gasteiger partial charge >= 0.3 is 0 Å². The van der Waals surface area contributed by atoms with E-state index in [0.29, 0.717) is 0 Å². The third-order valence-corrected chi connectivity index (χ3v) is 11.1. The third kappa shape index (κ3) is 6.56. The quantitative estimate of drug-likeness (QED) is 0.151. The van der Waals surface area contributed by atoms with Gasteiger partial charge in [0.05, 0.1) is 5.69 Å². The van der Waals surface area contributed by atoms with Gasteiger partial charge < -0.3 is 4.90 Å². The standard InChI is InChI=1S/C56H39N/c1-3-17-40(18-4-1)45-34-36-53(55(39-45)43-20-5-2-6-21-43)51-28-11-12-29-52(51)54-30-13-14-32-56(54)57(48-35-33-41-19-7-8-23-44(41)37-48)47-26-15-25-46(38-47)50-31-16-24-42-22-9-10-27-49(42)50/h1-39H. The first-order valence-corrected chi connectivity index (χ1v) is 19.6. The number of nitrogens with zero attached hydrogens (tertiary/aromatic N) is 1. The average Bonchev–Trinajstić information content (AvgIpc) is 3.29. The summed E-state index contributed by atoms with van der Waals surface area (Å²) >= 11 is 0. The van der Waals surface area contributed by atoms with E-state index < -0.39 is 0 Å². The normalized spacial score (nSPS) is 11.2. The number of rotatable bonds is 8. The maximum Gasteiger partial charge on any atom is 0.0540 e. The van der Waals surface area contributed by atoms with Gasteiger partial charge in [-0.25, -0.2) is 0 Å². The summed E-state index contributed by atoms with van der Waals surface area (Å²) in [6.07, 6.45) is 0. The highest BCUT2D eigenvalue weighted by atomic mass is 15.1. The smallest absolute Gasteiger partial charge is 0.0540 e. The monoisotopic (exact) mass is 725 g/mol. The lowest BCUT2D eigenvalue weighted by atomic mass is 9.87. The molecule has 0 saturated heterocycles. The molecule has 0 amide bonds. The molecule has 0 atom stereocenters. The second-order valence-electron chi connectivity index (χ2n) is 14.5. The number of para-hydroxylation sites is 1. The molecule has 0 N–H and O–H groups in total. The third-order valence-electron chi connectivity index (χ3n) is 11.1. The molecule has 10 rings (SSSR count). The van der Waals surface area contributed by atoms with E-state index in [1.54, 1.807) is 0 Å². The van der Waals surface area contributed by atoms with Crippen molar-refractivity contribution >= 4 is 38.6 Å². The summed E-state index contributed by atoms with van der Waals surface area (Å²) in [7, 11) is 0. The van der Waals surface area contributed by atoms with Crippen molar-refractivity contribution in [3.05, 3.63) is 237 Å². The Labute approximate surface area is 334 Å². The van der Waals surface area contributed by atoms with E-state index in [2.05, 4.69) is 241 Å². The Morgan fingerprint density at radius 1 is 0.228 bits per heavy atom. The first-order chi connectivity index (χ1) is 28.3. The van der Waals surface area contributed by atoms with Gasteiger partial charge in [0, 0.05) is 16.9 Å². The molecule has 0 unspecified atom stereocenters. The lowest BCUT2D eigenvalue weighted by Gasteiger charge is -2.29. The molecule has 10 aromatic rings. The molecular weight excluding hydrogens is 687 g/mol. The second-order valence-corrected chi connectivity index (χ2v) is 14.5. The van der Waals surface area contributed by atoms with Gasteiger partial charge in [-0.3, -0.25) is 0 Å². The number of benzene rings is 10. The van der Waals surface area contributed by atoms with Crippen LogP contribution < -0.4 is 4.90 Å². The zero-order chi connectivity index (χ0) is 38.0. The highest BCUT2D eigenvalue weighted by molar-refractivity contribution is 6.01. The Balaban J connectivity index is 1.18. The molecule has 0 aliphatic heterocycles. The predicted molar refractivity (Wildman–Crippen MR) is 243 cm³/mol. The van der Waals surface area contributed by atoms with Crippen molar-refractivity contribution in [1.29, 1.82) is 0 Å². The van der Waals surface area contributed by atoms with E-state index in [4.69, 9.17) is 0 Å². The van der Waals surface area contributed by atoms with Crippen LogP contribution in [0.15, 0.2) is 237 Å². The molecule has 0 aliphatic rings. The fourth-order valence-electron chi connectivity index (χ4n) is 8.33. The molecule has 0 spiro atoms. The van der Waals surface area contributed by atoms with Crippen molar-refractivity contribution in [2.45, 2.75) is 0 Å². The first kappa shape index (κ1) is 34.0. The Morgan fingerprint density at radius 3 is 1.58 bits per heavy atom. The van der Waals surface area contributed by atoms with Crippen LogP contribution in [0.4, 0.5) is 17.1 Å². The second kappa shape index (κ2) is 15.0. The van der Waals surface area contributed by atoms with Gasteiger partial charge in [-0.05, 0) is 108 Å². The zero-order valence-electron chi connectivity index (χ0n) is 31.5. The van der Waals surface area contributed by atoms with Crippen molar-refractivity contribution in [3.8, 4) is 55.6 Å². The molecule has 0 bridgehead atoms. The highest BCUT2D eigenvalue weighted by Gasteiger charge is 2.21. The van der Waals surface area contributed by atoms with Gasteiger partial charge in [-0.2, -0.15) is 0 Å². The van der Waals surface area contributed by atoms with Crippen LogP contribution in [-0.2, 0) is 0 Å².